The molecule has 0 atom stereocenters. The molecule has 0 saturated carbocycles. The van der Waals surface area contributed by atoms with Crippen LogP contribution in [-0.4, -0.2) is 22.2 Å². The quantitative estimate of drug-likeness (QED) is 0.0821. The maximum absolute atomic E-state index is 11.1. The lowest BCUT2D eigenvalue weighted by atomic mass is 10.1. The van der Waals surface area contributed by atoms with Crippen LogP contribution in [0.1, 0.15) is 38.3 Å². The lowest BCUT2D eigenvalue weighted by Crippen LogP contribution is -2.08. The summed E-state index contributed by atoms with van der Waals surface area (Å²) in [7, 11) is 0. The fourth-order valence-electron chi connectivity index (χ4n) is 4.82. The third kappa shape index (κ3) is 8.96. The molecule has 2 N–H and O–H groups in total. The smallest absolute Gasteiger partial charge is 0.346 e. The summed E-state index contributed by atoms with van der Waals surface area (Å²) in [4.78, 5) is 25.6. The average Bonchev–Trinajstić information content (AvgIpc) is 3.54. The minimum atomic E-state index is -1.25. The molecule has 238 valence electrons. The van der Waals surface area contributed by atoms with E-state index in [4.69, 9.17) is 20.7 Å². The maximum atomic E-state index is 11.1. The van der Waals surface area contributed by atoms with Gasteiger partial charge < -0.3 is 15.1 Å². The minimum absolute atomic E-state index is 0.311. The number of benzene rings is 4. The third-order valence-electron chi connectivity index (χ3n) is 7.38. The number of anilines is 3. The molecule has 8 heteroatoms. The number of carbonyl (C=O) groups is 2. The molecule has 0 amide bonds. The summed E-state index contributed by atoms with van der Waals surface area (Å²) in [5.74, 6) is -2.50. The van der Waals surface area contributed by atoms with Crippen LogP contribution in [0.4, 0.5) is 16.4 Å². The van der Waals surface area contributed by atoms with Gasteiger partial charge in [-0.1, -0.05) is 97.1 Å². The van der Waals surface area contributed by atoms with Crippen molar-refractivity contribution in [3.8, 4) is 12.1 Å². The summed E-state index contributed by atoms with van der Waals surface area (Å²) in [6.45, 7) is 2.09. The van der Waals surface area contributed by atoms with Gasteiger partial charge in [0.05, 0.1) is 0 Å². The summed E-state index contributed by atoms with van der Waals surface area (Å²) in [5.41, 5.74) is 6.62. The Morgan fingerprint density at radius 1 is 0.551 bits per heavy atom. The molecule has 0 bridgehead atoms. The van der Waals surface area contributed by atoms with Crippen molar-refractivity contribution in [3.05, 3.63) is 159 Å². The minimum Gasteiger partial charge on any atom is -0.477 e. The van der Waals surface area contributed by atoms with E-state index in [2.05, 4.69) is 72.5 Å². The Hall–Kier alpha value is -6.74. The van der Waals surface area contributed by atoms with Gasteiger partial charge in [0, 0.05) is 16.3 Å². The SMILES string of the molecule is Cc1ccc(N(c2ccc(/C=C/c3ccc(/C=C(\C#N)C(=O)O)cc3)cc2)c2ccc(/C=C/c3ccc(/C=C(\C#N)C(=O)O)cc3)cc2)s1. The number of nitriles is 2. The number of thiophene rings is 1. The molecule has 5 rings (SSSR count). The monoisotopic (exact) mass is 659 g/mol. The number of hydrogen-bond acceptors (Lipinski definition) is 6. The average molecular weight is 660 g/mol. The summed E-state index contributed by atoms with van der Waals surface area (Å²) >= 11 is 1.71. The van der Waals surface area contributed by atoms with Crippen LogP contribution < -0.4 is 4.90 Å². The first-order valence-corrected chi connectivity index (χ1v) is 15.9. The van der Waals surface area contributed by atoms with Crippen LogP contribution in [0.5, 0.6) is 0 Å². The first kappa shape index (κ1) is 33.6. The first-order chi connectivity index (χ1) is 23.7. The van der Waals surface area contributed by atoms with E-state index >= 15 is 0 Å². The van der Waals surface area contributed by atoms with Crippen LogP contribution in [0.15, 0.2) is 120 Å². The highest BCUT2D eigenvalue weighted by molar-refractivity contribution is 7.16. The molecular formula is C41H29N3O4S. The molecule has 1 heterocycles. The van der Waals surface area contributed by atoms with Crippen LogP contribution in [0.3, 0.4) is 0 Å². The van der Waals surface area contributed by atoms with Crippen molar-refractivity contribution in [2.45, 2.75) is 6.92 Å². The molecule has 4 aromatic carbocycles. The van der Waals surface area contributed by atoms with Gasteiger partial charge in [0.2, 0.25) is 0 Å². The van der Waals surface area contributed by atoms with Gasteiger partial charge in [-0.3, -0.25) is 0 Å². The predicted octanol–water partition coefficient (Wildman–Crippen LogP) is 9.85. The van der Waals surface area contributed by atoms with E-state index in [1.165, 1.54) is 17.0 Å². The van der Waals surface area contributed by atoms with Gasteiger partial charge in [-0.05, 0) is 88.9 Å². The summed E-state index contributed by atoms with van der Waals surface area (Å²) in [5, 5.41) is 37.2. The lowest BCUT2D eigenvalue weighted by molar-refractivity contribution is -0.133. The van der Waals surface area contributed by atoms with Crippen LogP contribution in [-0.2, 0) is 9.59 Å². The fraction of sp³-hybridized carbons (Fsp3) is 0.0244. The van der Waals surface area contributed by atoms with Crippen molar-refractivity contribution in [3.63, 3.8) is 0 Å². The van der Waals surface area contributed by atoms with E-state index < -0.39 is 11.9 Å². The van der Waals surface area contributed by atoms with Gasteiger partial charge >= 0.3 is 11.9 Å². The number of aryl methyl sites for hydroxylation is 1. The zero-order valence-electron chi connectivity index (χ0n) is 26.3. The van der Waals surface area contributed by atoms with E-state index in [0.29, 0.717) is 11.1 Å². The molecule has 0 aliphatic rings. The molecule has 1 aromatic heterocycles. The normalized spacial score (nSPS) is 11.7. The Balaban J connectivity index is 1.31. The van der Waals surface area contributed by atoms with E-state index in [1.807, 2.05) is 48.6 Å². The molecule has 0 aliphatic heterocycles. The van der Waals surface area contributed by atoms with E-state index in [1.54, 1.807) is 47.7 Å². The summed E-state index contributed by atoms with van der Waals surface area (Å²) < 4.78 is 0. The van der Waals surface area contributed by atoms with Crippen molar-refractivity contribution < 1.29 is 19.8 Å². The van der Waals surface area contributed by atoms with Crippen molar-refractivity contribution in [2.24, 2.45) is 0 Å². The second-order valence-electron chi connectivity index (χ2n) is 10.9. The van der Waals surface area contributed by atoms with Gasteiger partial charge in [0.15, 0.2) is 0 Å². The molecule has 0 spiro atoms. The van der Waals surface area contributed by atoms with E-state index in [-0.39, 0.29) is 11.1 Å². The van der Waals surface area contributed by atoms with Crippen molar-refractivity contribution in [1.82, 2.24) is 0 Å². The number of carboxylic acid groups (broad SMARTS) is 2. The van der Waals surface area contributed by atoms with Gasteiger partial charge in [-0.25, -0.2) is 9.59 Å². The van der Waals surface area contributed by atoms with Crippen LogP contribution >= 0.6 is 11.3 Å². The molecule has 49 heavy (non-hydrogen) atoms. The number of carboxylic acids is 2. The van der Waals surface area contributed by atoms with Gasteiger partial charge in [-0.2, -0.15) is 10.5 Å². The Kier molecular flexibility index (Phi) is 10.8. The van der Waals surface area contributed by atoms with E-state index in [9.17, 15) is 9.59 Å². The van der Waals surface area contributed by atoms with Gasteiger partial charge in [0.25, 0.3) is 0 Å². The summed E-state index contributed by atoms with van der Waals surface area (Å²) in [6.07, 6.45) is 10.7. The fourth-order valence-corrected chi connectivity index (χ4v) is 5.73. The number of hydrogen-bond donors (Lipinski definition) is 2. The topological polar surface area (TPSA) is 125 Å². The highest BCUT2D eigenvalue weighted by Crippen LogP contribution is 2.39. The largest absolute Gasteiger partial charge is 0.477 e. The maximum Gasteiger partial charge on any atom is 0.346 e. The second-order valence-corrected chi connectivity index (χ2v) is 12.1. The molecule has 5 aromatic rings. The van der Waals surface area contributed by atoms with Crippen molar-refractivity contribution in [1.29, 1.82) is 10.5 Å². The highest BCUT2D eigenvalue weighted by atomic mass is 32.1. The van der Waals surface area contributed by atoms with E-state index in [0.717, 1.165) is 38.6 Å². The lowest BCUT2D eigenvalue weighted by Gasteiger charge is -2.24. The zero-order chi connectivity index (χ0) is 34.8. The number of aliphatic carboxylic acids is 2. The zero-order valence-corrected chi connectivity index (χ0v) is 27.1. The number of nitrogens with zero attached hydrogens (tertiary/aromatic N) is 3. The Morgan fingerprint density at radius 2 is 0.878 bits per heavy atom. The van der Waals surface area contributed by atoms with Crippen LogP contribution in [0.2, 0.25) is 0 Å². The van der Waals surface area contributed by atoms with Crippen molar-refractivity contribution in [2.75, 3.05) is 4.90 Å². The Morgan fingerprint density at radius 3 is 1.16 bits per heavy atom. The van der Waals surface area contributed by atoms with Gasteiger partial charge in [-0.15, -0.1) is 11.3 Å². The Bertz CT molecular complexity index is 2040. The molecule has 0 fully saturated rings. The molecule has 0 radical (unpaired) electrons. The molecule has 0 aliphatic carbocycles. The highest BCUT2D eigenvalue weighted by Gasteiger charge is 2.14. The molecule has 0 unspecified atom stereocenters. The van der Waals surface area contributed by atoms with Gasteiger partial charge in [0.1, 0.15) is 28.3 Å². The number of rotatable bonds is 11. The first-order valence-electron chi connectivity index (χ1n) is 15.1. The molecule has 7 nitrogen and oxygen atoms in total. The standard InChI is InChI=1S/C41H29N3O4S/c1-28-2-23-39(49-28)44(37-19-15-31(16-20-37)5-3-29-7-11-33(12-8-29)24-35(26-42)40(45)46)38-21-17-32(18-22-38)6-4-30-9-13-34(14-10-30)25-36(27-43)41(47)48/h2-25H,1H3,(H,45,46)(H,47,48)/b5-3+,6-4+,35-24+,36-25+. The summed E-state index contributed by atoms with van der Waals surface area (Å²) in [6, 6.07) is 38.8. The Labute approximate surface area is 288 Å². The van der Waals surface area contributed by atoms with Crippen molar-refractivity contribution >= 4 is 76.1 Å². The molecular weight excluding hydrogens is 631 g/mol. The molecule has 0 saturated heterocycles. The predicted molar refractivity (Wildman–Crippen MR) is 197 cm³/mol. The van der Waals surface area contributed by atoms with Crippen LogP contribution in [0, 0.1) is 29.6 Å². The second kappa shape index (κ2) is 15.7. The third-order valence-corrected chi connectivity index (χ3v) is 8.37. The van der Waals surface area contributed by atoms with Crippen LogP contribution in [0.25, 0.3) is 36.5 Å².